The summed E-state index contributed by atoms with van der Waals surface area (Å²) in [7, 11) is 0. The van der Waals surface area contributed by atoms with E-state index in [0.717, 1.165) is 0 Å². The van der Waals surface area contributed by atoms with E-state index in [0.29, 0.717) is 5.92 Å². The summed E-state index contributed by atoms with van der Waals surface area (Å²) >= 11 is 0. The van der Waals surface area contributed by atoms with Gasteiger partial charge >= 0.3 is 0 Å². The van der Waals surface area contributed by atoms with Gasteiger partial charge in [0.15, 0.2) is 0 Å². The van der Waals surface area contributed by atoms with Gasteiger partial charge in [-0.3, -0.25) is 0 Å². The Morgan fingerprint density at radius 2 is 2.00 bits per heavy atom. The highest BCUT2D eigenvalue weighted by Gasteiger charge is 2.10. The minimum Gasteiger partial charge on any atom is -0.0798 e. The number of hydrogen-bond donors (Lipinski definition) is 0. The third kappa shape index (κ3) is 2.37. The van der Waals surface area contributed by atoms with Crippen molar-refractivity contribution in [3.05, 3.63) is 34.9 Å². The SMILES string of the molecule is CC(C)=CC1CC(C)=CC=C1C. The monoisotopic (exact) mass is 162 g/mol. The molecular formula is C12H18. The molecule has 0 bridgehead atoms. The highest BCUT2D eigenvalue weighted by molar-refractivity contribution is 5.28. The fraction of sp³-hybridized carbons (Fsp3) is 0.500. The molecule has 0 fully saturated rings. The van der Waals surface area contributed by atoms with E-state index in [9.17, 15) is 0 Å². The summed E-state index contributed by atoms with van der Waals surface area (Å²) < 4.78 is 0. The van der Waals surface area contributed by atoms with Gasteiger partial charge in [0, 0.05) is 5.92 Å². The van der Waals surface area contributed by atoms with Crippen LogP contribution in [0.15, 0.2) is 34.9 Å². The lowest BCUT2D eigenvalue weighted by atomic mass is 9.87. The smallest absolute Gasteiger partial charge is 0.00167 e. The Morgan fingerprint density at radius 1 is 1.33 bits per heavy atom. The van der Waals surface area contributed by atoms with Crippen molar-refractivity contribution in [2.45, 2.75) is 34.1 Å². The summed E-state index contributed by atoms with van der Waals surface area (Å²) in [6.07, 6.45) is 8.03. The number of hydrogen-bond acceptors (Lipinski definition) is 0. The van der Waals surface area contributed by atoms with Crippen LogP contribution in [-0.4, -0.2) is 0 Å². The molecule has 0 nitrogen and oxygen atoms in total. The molecule has 1 atom stereocenters. The van der Waals surface area contributed by atoms with Crippen molar-refractivity contribution in [3.8, 4) is 0 Å². The minimum atomic E-state index is 0.653. The number of allylic oxidation sites excluding steroid dienone is 6. The molecule has 0 saturated carbocycles. The Balaban J connectivity index is 2.77. The van der Waals surface area contributed by atoms with Gasteiger partial charge in [-0.05, 0) is 34.1 Å². The van der Waals surface area contributed by atoms with E-state index in [-0.39, 0.29) is 0 Å². The van der Waals surface area contributed by atoms with E-state index in [1.165, 1.54) is 23.1 Å². The molecular weight excluding hydrogens is 144 g/mol. The lowest BCUT2D eigenvalue weighted by Gasteiger charge is -2.18. The first-order chi connectivity index (χ1) is 5.59. The largest absolute Gasteiger partial charge is 0.0798 e. The van der Waals surface area contributed by atoms with Gasteiger partial charge in [-0.25, -0.2) is 0 Å². The average molecular weight is 162 g/mol. The van der Waals surface area contributed by atoms with Crippen LogP contribution in [-0.2, 0) is 0 Å². The molecule has 1 aliphatic rings. The molecule has 0 spiro atoms. The van der Waals surface area contributed by atoms with Crippen LogP contribution in [0, 0.1) is 5.92 Å². The molecule has 0 heteroatoms. The lowest BCUT2D eigenvalue weighted by molar-refractivity contribution is 0.727. The molecule has 12 heavy (non-hydrogen) atoms. The van der Waals surface area contributed by atoms with E-state index in [4.69, 9.17) is 0 Å². The summed E-state index contributed by atoms with van der Waals surface area (Å²) in [6, 6.07) is 0. The van der Waals surface area contributed by atoms with Crippen molar-refractivity contribution < 1.29 is 0 Å². The Kier molecular flexibility index (Phi) is 2.91. The molecule has 1 rings (SSSR count). The topological polar surface area (TPSA) is 0 Å². The van der Waals surface area contributed by atoms with Gasteiger partial charge in [0.1, 0.15) is 0 Å². The Hall–Kier alpha value is -0.780. The molecule has 1 unspecified atom stereocenters. The zero-order chi connectivity index (χ0) is 9.14. The zero-order valence-electron chi connectivity index (χ0n) is 8.52. The third-order valence-electron chi connectivity index (χ3n) is 2.29. The quantitative estimate of drug-likeness (QED) is 0.513. The highest BCUT2D eigenvalue weighted by atomic mass is 14.2. The van der Waals surface area contributed by atoms with Crippen molar-refractivity contribution in [3.63, 3.8) is 0 Å². The van der Waals surface area contributed by atoms with Crippen molar-refractivity contribution in [1.29, 1.82) is 0 Å². The van der Waals surface area contributed by atoms with E-state index in [1.807, 2.05) is 0 Å². The summed E-state index contributed by atoms with van der Waals surface area (Å²) in [5.41, 5.74) is 4.40. The standard InChI is InChI=1S/C12H18/c1-9(2)7-12-8-10(3)5-6-11(12)4/h5-7,12H,8H2,1-4H3. The van der Waals surface area contributed by atoms with Crippen LogP contribution in [0.1, 0.15) is 34.1 Å². The van der Waals surface area contributed by atoms with Crippen LogP contribution in [0.3, 0.4) is 0 Å². The molecule has 0 aliphatic heterocycles. The van der Waals surface area contributed by atoms with Crippen LogP contribution in [0.4, 0.5) is 0 Å². The van der Waals surface area contributed by atoms with Crippen molar-refractivity contribution >= 4 is 0 Å². The Morgan fingerprint density at radius 3 is 2.58 bits per heavy atom. The first-order valence-electron chi connectivity index (χ1n) is 4.58. The van der Waals surface area contributed by atoms with Crippen molar-refractivity contribution in [1.82, 2.24) is 0 Å². The van der Waals surface area contributed by atoms with E-state index < -0.39 is 0 Å². The van der Waals surface area contributed by atoms with Gasteiger partial charge < -0.3 is 0 Å². The van der Waals surface area contributed by atoms with Crippen LogP contribution in [0.5, 0.6) is 0 Å². The second kappa shape index (κ2) is 3.75. The predicted octanol–water partition coefficient (Wildman–Crippen LogP) is 3.87. The van der Waals surface area contributed by atoms with Gasteiger partial charge in [0.05, 0.1) is 0 Å². The minimum absolute atomic E-state index is 0.653. The fourth-order valence-electron chi connectivity index (χ4n) is 1.57. The predicted molar refractivity (Wildman–Crippen MR) is 55.1 cm³/mol. The summed E-state index contributed by atoms with van der Waals surface area (Å²) in [5, 5.41) is 0. The van der Waals surface area contributed by atoms with Crippen molar-refractivity contribution in [2.75, 3.05) is 0 Å². The molecule has 0 heterocycles. The fourth-order valence-corrected chi connectivity index (χ4v) is 1.57. The second-order valence-corrected chi connectivity index (χ2v) is 3.98. The van der Waals surface area contributed by atoms with Crippen LogP contribution >= 0.6 is 0 Å². The van der Waals surface area contributed by atoms with E-state index in [1.54, 1.807) is 0 Å². The first-order valence-corrected chi connectivity index (χ1v) is 4.58. The van der Waals surface area contributed by atoms with Crippen LogP contribution < -0.4 is 0 Å². The molecule has 0 radical (unpaired) electrons. The third-order valence-corrected chi connectivity index (χ3v) is 2.29. The van der Waals surface area contributed by atoms with E-state index >= 15 is 0 Å². The maximum absolute atomic E-state index is 2.36. The maximum Gasteiger partial charge on any atom is 0.00167 e. The molecule has 66 valence electrons. The van der Waals surface area contributed by atoms with Gasteiger partial charge in [0.2, 0.25) is 0 Å². The first kappa shape index (κ1) is 9.31. The maximum atomic E-state index is 2.36. The lowest BCUT2D eigenvalue weighted by Crippen LogP contribution is -2.03. The summed E-state index contributed by atoms with van der Waals surface area (Å²) in [4.78, 5) is 0. The Bertz CT molecular complexity index is 247. The van der Waals surface area contributed by atoms with Crippen LogP contribution in [0.25, 0.3) is 0 Å². The summed E-state index contributed by atoms with van der Waals surface area (Å²) in [6.45, 7) is 8.75. The molecule has 0 amide bonds. The van der Waals surface area contributed by atoms with Gasteiger partial charge in [-0.2, -0.15) is 0 Å². The molecule has 0 aromatic heterocycles. The van der Waals surface area contributed by atoms with Gasteiger partial charge in [0.25, 0.3) is 0 Å². The van der Waals surface area contributed by atoms with Gasteiger partial charge in [-0.1, -0.05) is 34.9 Å². The Labute approximate surface area is 75.7 Å². The molecule has 0 saturated heterocycles. The molecule has 0 N–H and O–H groups in total. The second-order valence-electron chi connectivity index (χ2n) is 3.98. The average Bonchev–Trinajstić information content (AvgIpc) is 1.96. The summed E-state index contributed by atoms with van der Waals surface area (Å²) in [5.74, 6) is 0.653. The van der Waals surface area contributed by atoms with Crippen molar-refractivity contribution in [2.24, 2.45) is 5.92 Å². The number of rotatable bonds is 1. The molecule has 1 aliphatic carbocycles. The van der Waals surface area contributed by atoms with Gasteiger partial charge in [-0.15, -0.1) is 0 Å². The highest BCUT2D eigenvalue weighted by Crippen LogP contribution is 2.26. The molecule has 0 aromatic rings. The van der Waals surface area contributed by atoms with E-state index in [2.05, 4.69) is 45.9 Å². The zero-order valence-corrected chi connectivity index (χ0v) is 8.52. The normalized spacial score (nSPS) is 22.8. The molecule has 0 aromatic carbocycles. The van der Waals surface area contributed by atoms with Crippen LogP contribution in [0.2, 0.25) is 0 Å².